The number of ketones is 1. The lowest BCUT2D eigenvalue weighted by molar-refractivity contribution is -0.129. The second-order valence-corrected chi connectivity index (χ2v) is 9.78. The number of nitrogens with zero attached hydrogens (tertiary/aromatic N) is 1. The van der Waals surface area contributed by atoms with Crippen LogP contribution in [-0.4, -0.2) is 60.5 Å². The van der Waals surface area contributed by atoms with Crippen LogP contribution in [0.3, 0.4) is 0 Å². The highest BCUT2D eigenvalue weighted by molar-refractivity contribution is 6.11. The van der Waals surface area contributed by atoms with Gasteiger partial charge in [-0.1, -0.05) is 12.1 Å². The van der Waals surface area contributed by atoms with Crippen molar-refractivity contribution in [1.82, 2.24) is 9.88 Å². The molecule has 1 aromatic heterocycles. The molecule has 0 bridgehead atoms. The number of aromatic nitrogens is 1. The number of esters is 1. The lowest BCUT2D eigenvalue weighted by Crippen LogP contribution is -2.39. The summed E-state index contributed by atoms with van der Waals surface area (Å²) in [5.74, 6) is -0.557. The van der Waals surface area contributed by atoms with E-state index in [0.717, 1.165) is 18.4 Å². The molecule has 0 radical (unpaired) electrons. The Kier molecular flexibility index (Phi) is 7.05. The van der Waals surface area contributed by atoms with E-state index in [1.807, 2.05) is 0 Å². The Hall–Kier alpha value is -3.95. The van der Waals surface area contributed by atoms with Gasteiger partial charge in [0, 0.05) is 36.4 Å². The maximum Gasteiger partial charge on any atom is 0.387 e. The van der Waals surface area contributed by atoms with Crippen LogP contribution in [0.5, 0.6) is 11.5 Å². The lowest BCUT2D eigenvalue weighted by Gasteiger charge is -2.21. The summed E-state index contributed by atoms with van der Waals surface area (Å²) in [6.07, 6.45) is 4.09. The van der Waals surface area contributed by atoms with Crippen molar-refractivity contribution in [2.75, 3.05) is 20.3 Å². The van der Waals surface area contributed by atoms with Crippen molar-refractivity contribution in [3.63, 3.8) is 0 Å². The highest BCUT2D eigenvalue weighted by Gasteiger charge is 2.40. The molecule has 10 heteroatoms. The number of carbonyl (C=O) groups is 3. The van der Waals surface area contributed by atoms with Gasteiger partial charge < -0.3 is 24.1 Å². The zero-order valence-corrected chi connectivity index (χ0v) is 21.0. The van der Waals surface area contributed by atoms with Crippen molar-refractivity contribution < 1.29 is 37.4 Å². The molecular weight excluding hydrogens is 498 g/mol. The molecule has 2 heterocycles. The number of fused-ring (bicyclic) bond motifs is 1. The number of halogens is 2. The van der Waals surface area contributed by atoms with E-state index in [9.17, 15) is 23.2 Å². The molecule has 2 atom stereocenters. The Morgan fingerprint density at radius 3 is 2.58 bits per heavy atom. The second kappa shape index (κ2) is 10.4. The van der Waals surface area contributed by atoms with Crippen molar-refractivity contribution in [3.05, 3.63) is 59.4 Å². The Bertz CT molecular complexity index is 1380. The summed E-state index contributed by atoms with van der Waals surface area (Å²) in [7, 11) is 1.30. The fraction of sp³-hybridized carbons (Fsp3) is 0.393. The maximum absolute atomic E-state index is 13.7. The highest BCUT2D eigenvalue weighted by Crippen LogP contribution is 2.39. The Balaban J connectivity index is 1.40. The fourth-order valence-corrected chi connectivity index (χ4v) is 5.00. The molecule has 2 fully saturated rings. The number of aromatic amines is 1. The fourth-order valence-electron chi connectivity index (χ4n) is 5.00. The molecule has 1 saturated heterocycles. The first kappa shape index (κ1) is 25.7. The van der Waals surface area contributed by atoms with Crippen LogP contribution >= 0.6 is 0 Å². The first-order chi connectivity index (χ1) is 18.2. The summed E-state index contributed by atoms with van der Waals surface area (Å²) in [6.45, 7) is -0.841. The summed E-state index contributed by atoms with van der Waals surface area (Å²) in [5.41, 5.74) is 1.49. The van der Waals surface area contributed by atoms with E-state index in [2.05, 4.69) is 9.72 Å². The third-order valence-corrected chi connectivity index (χ3v) is 7.20. The summed E-state index contributed by atoms with van der Waals surface area (Å²) in [4.78, 5) is 42.6. The van der Waals surface area contributed by atoms with E-state index < -0.39 is 18.6 Å². The predicted octanol–water partition coefficient (Wildman–Crippen LogP) is 4.93. The van der Waals surface area contributed by atoms with Crippen LogP contribution in [-0.2, 0) is 9.53 Å². The zero-order chi connectivity index (χ0) is 27.0. The summed E-state index contributed by atoms with van der Waals surface area (Å²) in [5, 5.41) is 1.31. The third kappa shape index (κ3) is 5.20. The molecule has 1 unspecified atom stereocenters. The SMILES string of the molecule is COC(=O)c1ccc2c(C(=O)[C@H]3CC(c4ccc(OC(F)F)c(OCC5CC5)c4)CN3C(C)=O)[nH]cc2c1. The number of amides is 1. The first-order valence-corrected chi connectivity index (χ1v) is 12.5. The van der Waals surface area contributed by atoms with Gasteiger partial charge in [0.1, 0.15) is 0 Å². The van der Waals surface area contributed by atoms with Crippen LogP contribution in [0.1, 0.15) is 58.5 Å². The number of likely N-dealkylation sites (tertiary alicyclic amines) is 1. The average Bonchev–Trinajstić information content (AvgIpc) is 3.46. The predicted molar refractivity (Wildman–Crippen MR) is 134 cm³/mol. The van der Waals surface area contributed by atoms with Crippen molar-refractivity contribution in [2.45, 2.75) is 44.8 Å². The van der Waals surface area contributed by atoms with E-state index in [1.165, 1.54) is 25.0 Å². The summed E-state index contributed by atoms with van der Waals surface area (Å²) < 4.78 is 41.1. The van der Waals surface area contributed by atoms with Crippen molar-refractivity contribution >= 4 is 28.4 Å². The molecule has 1 aliphatic carbocycles. The van der Waals surface area contributed by atoms with Crippen LogP contribution in [0.15, 0.2) is 42.6 Å². The molecular formula is C28H28F2N2O6. The van der Waals surface area contributed by atoms with Crippen LogP contribution < -0.4 is 9.47 Å². The van der Waals surface area contributed by atoms with Crippen LogP contribution in [0.25, 0.3) is 10.8 Å². The molecule has 5 rings (SSSR count). The number of hydrogen-bond donors (Lipinski definition) is 1. The van der Waals surface area contributed by atoms with E-state index in [4.69, 9.17) is 9.47 Å². The van der Waals surface area contributed by atoms with Crippen LogP contribution in [0.2, 0.25) is 0 Å². The van der Waals surface area contributed by atoms with E-state index in [0.29, 0.717) is 47.5 Å². The van der Waals surface area contributed by atoms with Crippen molar-refractivity contribution in [1.29, 1.82) is 0 Å². The van der Waals surface area contributed by atoms with E-state index in [1.54, 1.807) is 36.5 Å². The topological polar surface area (TPSA) is 97.9 Å². The second-order valence-electron chi connectivity index (χ2n) is 9.78. The number of Topliss-reactive ketones (excluding diaryl/α,β-unsaturated/α-hetero) is 1. The minimum atomic E-state index is -2.98. The monoisotopic (exact) mass is 526 g/mol. The number of benzene rings is 2. The standard InChI is InChI=1S/C28H28F2N2O6/c1-15(33)32-13-20(17-6-8-23(38-28(29)30)24(11-17)37-14-16-3-4-16)10-22(32)26(34)25-21-7-5-18(27(35)36-2)9-19(21)12-31-25/h5-9,11-12,16,20,22,28,31H,3-4,10,13-14H2,1-2H3/t20?,22-/m1/s1. The number of nitrogens with one attached hydrogen (secondary N) is 1. The van der Waals surface area contributed by atoms with Gasteiger partial charge in [-0.2, -0.15) is 8.78 Å². The summed E-state index contributed by atoms with van der Waals surface area (Å²) in [6, 6.07) is 9.00. The van der Waals surface area contributed by atoms with E-state index in [-0.39, 0.29) is 29.1 Å². The molecule has 1 N–H and O–H groups in total. The average molecular weight is 527 g/mol. The number of carbonyl (C=O) groups excluding carboxylic acids is 3. The van der Waals surface area contributed by atoms with Crippen molar-refractivity contribution in [3.8, 4) is 11.5 Å². The number of methoxy groups -OCH3 is 1. The maximum atomic E-state index is 13.7. The van der Waals surface area contributed by atoms with Gasteiger partial charge >= 0.3 is 12.6 Å². The van der Waals surface area contributed by atoms with Crippen LogP contribution in [0, 0.1) is 5.92 Å². The van der Waals surface area contributed by atoms with Gasteiger partial charge in [-0.15, -0.1) is 0 Å². The number of rotatable bonds is 9. The number of ether oxygens (including phenoxy) is 3. The number of alkyl halides is 2. The van der Waals surface area contributed by atoms with Crippen LogP contribution in [0.4, 0.5) is 8.78 Å². The molecule has 3 aromatic rings. The zero-order valence-electron chi connectivity index (χ0n) is 21.0. The first-order valence-electron chi connectivity index (χ1n) is 12.5. The normalized spacial score (nSPS) is 19.1. The molecule has 1 amide bonds. The van der Waals surface area contributed by atoms with E-state index >= 15 is 0 Å². The summed E-state index contributed by atoms with van der Waals surface area (Å²) >= 11 is 0. The smallest absolute Gasteiger partial charge is 0.387 e. The van der Waals surface area contributed by atoms with Gasteiger partial charge in [0.25, 0.3) is 0 Å². The molecule has 8 nitrogen and oxygen atoms in total. The minimum absolute atomic E-state index is 0.0392. The Morgan fingerprint density at radius 2 is 1.89 bits per heavy atom. The molecule has 2 aromatic carbocycles. The van der Waals surface area contributed by atoms with Gasteiger partial charge in [-0.3, -0.25) is 9.59 Å². The molecule has 38 heavy (non-hydrogen) atoms. The molecule has 1 saturated carbocycles. The number of hydrogen-bond acceptors (Lipinski definition) is 6. The Labute approximate surface area is 217 Å². The largest absolute Gasteiger partial charge is 0.489 e. The van der Waals surface area contributed by atoms with Gasteiger partial charge in [-0.05, 0) is 55.0 Å². The number of H-pyrrole nitrogens is 1. The molecule has 1 aliphatic heterocycles. The van der Waals surface area contributed by atoms with Crippen molar-refractivity contribution in [2.24, 2.45) is 5.92 Å². The molecule has 0 spiro atoms. The lowest BCUT2D eigenvalue weighted by atomic mass is 9.93. The molecule has 2 aliphatic rings. The van der Waals surface area contributed by atoms with Gasteiger partial charge in [0.2, 0.25) is 11.7 Å². The van der Waals surface area contributed by atoms with Gasteiger partial charge in [0.05, 0.1) is 31.0 Å². The minimum Gasteiger partial charge on any atom is -0.489 e. The quantitative estimate of drug-likeness (QED) is 0.314. The molecule has 200 valence electrons. The third-order valence-electron chi connectivity index (χ3n) is 7.20. The Morgan fingerprint density at radius 1 is 1.11 bits per heavy atom. The van der Waals surface area contributed by atoms with Gasteiger partial charge in [0.15, 0.2) is 11.5 Å². The van der Waals surface area contributed by atoms with Gasteiger partial charge in [-0.25, -0.2) is 4.79 Å². The highest BCUT2D eigenvalue weighted by atomic mass is 19.3.